The molecular formula is C32H29N5O4. The number of benzene rings is 3. The van der Waals surface area contributed by atoms with Gasteiger partial charge in [-0.25, -0.2) is 4.90 Å². The summed E-state index contributed by atoms with van der Waals surface area (Å²) in [6.07, 6.45) is 2.39. The topological polar surface area (TPSA) is 123 Å². The molecule has 41 heavy (non-hydrogen) atoms. The zero-order chi connectivity index (χ0) is 28.6. The summed E-state index contributed by atoms with van der Waals surface area (Å²) in [6.45, 7) is 5.35. The van der Waals surface area contributed by atoms with Gasteiger partial charge in [-0.2, -0.15) is 0 Å². The second-order valence-corrected chi connectivity index (χ2v) is 11.3. The predicted octanol–water partition coefficient (Wildman–Crippen LogP) is 3.91. The molecular weight excluding hydrogens is 518 g/mol. The fourth-order valence-electron chi connectivity index (χ4n) is 6.98. The lowest BCUT2D eigenvalue weighted by Crippen LogP contribution is -2.53. The molecule has 9 heteroatoms. The highest BCUT2D eigenvalue weighted by atomic mass is 16.2. The largest absolute Gasteiger partial charge is 0.361 e. The molecule has 1 spiro atoms. The smallest absolute Gasteiger partial charge is 0.250 e. The summed E-state index contributed by atoms with van der Waals surface area (Å²) in [5, 5.41) is 10.3. The van der Waals surface area contributed by atoms with E-state index in [1.54, 1.807) is 24.3 Å². The fraction of sp³-hybridized carbons (Fsp3) is 0.250. The maximum absolute atomic E-state index is 14.3. The summed E-state index contributed by atoms with van der Waals surface area (Å²) in [5.74, 6) is -2.98. The number of anilines is 3. The summed E-state index contributed by atoms with van der Waals surface area (Å²) in [5.41, 5.74) is 4.94. The number of para-hydroxylation sites is 1. The lowest BCUT2D eigenvalue weighted by atomic mass is 9.75. The van der Waals surface area contributed by atoms with Crippen molar-refractivity contribution in [3.63, 3.8) is 0 Å². The van der Waals surface area contributed by atoms with Crippen LogP contribution in [0.3, 0.4) is 0 Å². The zero-order valence-corrected chi connectivity index (χ0v) is 22.9. The van der Waals surface area contributed by atoms with E-state index in [9.17, 15) is 19.2 Å². The molecule has 0 unspecified atom stereocenters. The van der Waals surface area contributed by atoms with Crippen LogP contribution in [0.5, 0.6) is 0 Å². The highest BCUT2D eigenvalue weighted by molar-refractivity contribution is 6.26. The number of aryl methyl sites for hydroxylation is 1. The Morgan fingerprint density at radius 2 is 1.73 bits per heavy atom. The van der Waals surface area contributed by atoms with E-state index in [0.29, 0.717) is 29.0 Å². The molecule has 206 valence electrons. The molecule has 2 fully saturated rings. The maximum Gasteiger partial charge on any atom is 0.250 e. The Labute approximate surface area is 236 Å². The number of carbonyl (C=O) groups is 4. The van der Waals surface area contributed by atoms with Gasteiger partial charge in [0.1, 0.15) is 5.54 Å². The highest BCUT2D eigenvalue weighted by Crippen LogP contribution is 2.54. The Morgan fingerprint density at radius 1 is 0.976 bits per heavy atom. The second-order valence-electron chi connectivity index (χ2n) is 11.3. The van der Waals surface area contributed by atoms with E-state index in [-0.39, 0.29) is 17.7 Å². The van der Waals surface area contributed by atoms with Crippen molar-refractivity contribution in [1.29, 1.82) is 0 Å². The molecule has 4 amide bonds. The lowest BCUT2D eigenvalue weighted by Gasteiger charge is -2.29. The van der Waals surface area contributed by atoms with Gasteiger partial charge in [0.05, 0.1) is 17.5 Å². The first-order valence-electron chi connectivity index (χ1n) is 13.7. The highest BCUT2D eigenvalue weighted by Gasteiger charge is 2.70. The predicted molar refractivity (Wildman–Crippen MR) is 155 cm³/mol. The Hall–Kier alpha value is -4.76. The van der Waals surface area contributed by atoms with E-state index in [1.165, 1.54) is 11.8 Å². The van der Waals surface area contributed by atoms with Gasteiger partial charge in [0.2, 0.25) is 23.6 Å². The van der Waals surface area contributed by atoms with Gasteiger partial charge in [-0.3, -0.25) is 24.5 Å². The molecule has 3 aliphatic rings. The number of aromatic nitrogens is 1. The van der Waals surface area contributed by atoms with Crippen LogP contribution in [0.1, 0.15) is 29.2 Å². The molecule has 2 saturated heterocycles. The van der Waals surface area contributed by atoms with Crippen LogP contribution in [0.4, 0.5) is 17.1 Å². The van der Waals surface area contributed by atoms with Crippen molar-refractivity contribution in [2.24, 2.45) is 11.8 Å². The Morgan fingerprint density at radius 3 is 2.49 bits per heavy atom. The molecule has 0 aliphatic carbocycles. The molecule has 4 atom stereocenters. The van der Waals surface area contributed by atoms with Gasteiger partial charge in [-0.05, 0) is 67.3 Å². The normalized spacial score (nSPS) is 24.7. The van der Waals surface area contributed by atoms with Crippen LogP contribution in [-0.2, 0) is 31.1 Å². The van der Waals surface area contributed by atoms with E-state index in [1.807, 2.05) is 56.4 Å². The number of hydrogen-bond acceptors (Lipinski definition) is 5. The lowest BCUT2D eigenvalue weighted by molar-refractivity contribution is -0.130. The molecule has 3 aromatic carbocycles. The van der Waals surface area contributed by atoms with E-state index < -0.39 is 29.3 Å². The molecule has 9 nitrogen and oxygen atoms in total. The van der Waals surface area contributed by atoms with Gasteiger partial charge in [0, 0.05) is 47.0 Å². The van der Waals surface area contributed by atoms with E-state index >= 15 is 0 Å². The number of nitrogens with one attached hydrogen (secondary N) is 4. The number of nitrogens with zero attached hydrogens (tertiary/aromatic N) is 1. The molecule has 4 heterocycles. The molecule has 7 rings (SSSR count). The maximum atomic E-state index is 14.3. The molecule has 1 aromatic heterocycles. The molecule has 0 radical (unpaired) electrons. The molecule has 0 bridgehead atoms. The van der Waals surface area contributed by atoms with Crippen molar-refractivity contribution in [3.8, 4) is 0 Å². The standard InChI is InChI=1S/C32H29N5O4/c1-16-8-13-23-28(17(16)2)35-31(41)32(23)27-26(25(36-32)14-19-15-33-24-7-5-4-6-22(19)24)29(39)37(30(27)40)21-11-9-20(10-12-21)34-18(3)38/h4-13,15,25-27,33,36H,14H2,1-3H3,(H,34,38)(H,35,41)/t25-,26+,27+,32+/m0/s1. The number of aromatic amines is 1. The third-order valence-corrected chi connectivity index (χ3v) is 8.98. The minimum atomic E-state index is -1.38. The second kappa shape index (κ2) is 8.87. The van der Waals surface area contributed by atoms with Crippen molar-refractivity contribution < 1.29 is 19.2 Å². The van der Waals surface area contributed by atoms with E-state index in [2.05, 4.69) is 20.9 Å². The monoisotopic (exact) mass is 547 g/mol. The van der Waals surface area contributed by atoms with Gasteiger partial charge in [0.25, 0.3) is 0 Å². The van der Waals surface area contributed by atoms with Crippen LogP contribution in [0.15, 0.2) is 66.9 Å². The average molecular weight is 548 g/mol. The Balaban J connectivity index is 1.35. The summed E-state index contributed by atoms with van der Waals surface area (Å²) in [7, 11) is 0. The van der Waals surface area contributed by atoms with Crippen LogP contribution in [0, 0.1) is 25.7 Å². The van der Waals surface area contributed by atoms with Crippen molar-refractivity contribution in [1.82, 2.24) is 10.3 Å². The van der Waals surface area contributed by atoms with Gasteiger partial charge in [0.15, 0.2) is 0 Å². The number of rotatable bonds is 4. The summed E-state index contributed by atoms with van der Waals surface area (Å²) in [6, 6.07) is 17.9. The number of fused-ring (bicyclic) bond motifs is 5. The zero-order valence-electron chi connectivity index (χ0n) is 22.9. The summed E-state index contributed by atoms with van der Waals surface area (Å²) in [4.78, 5) is 58.4. The van der Waals surface area contributed by atoms with Gasteiger partial charge in [-0.1, -0.05) is 30.3 Å². The SMILES string of the molecule is CC(=O)Nc1ccc(N2C(=O)[C@@H]3[C@H](Cc4c[nH]c5ccccc45)N[C@@]4(C(=O)Nc5c4ccc(C)c5C)[C@H]3C2=O)cc1. The van der Waals surface area contributed by atoms with Crippen LogP contribution < -0.4 is 20.9 Å². The first-order valence-corrected chi connectivity index (χ1v) is 13.7. The van der Waals surface area contributed by atoms with Crippen LogP contribution in [-0.4, -0.2) is 34.7 Å². The summed E-state index contributed by atoms with van der Waals surface area (Å²) >= 11 is 0. The Kier molecular flexibility index (Phi) is 5.46. The quantitative estimate of drug-likeness (QED) is 0.289. The van der Waals surface area contributed by atoms with Crippen molar-refractivity contribution in [3.05, 3.63) is 89.1 Å². The number of amides is 4. The number of hydrogen-bond donors (Lipinski definition) is 4. The first-order chi connectivity index (χ1) is 19.7. The fourth-order valence-corrected chi connectivity index (χ4v) is 6.98. The minimum Gasteiger partial charge on any atom is -0.361 e. The molecule has 0 saturated carbocycles. The third kappa shape index (κ3) is 3.52. The van der Waals surface area contributed by atoms with Gasteiger partial charge >= 0.3 is 0 Å². The number of carbonyl (C=O) groups excluding carboxylic acids is 4. The van der Waals surface area contributed by atoms with Crippen LogP contribution in [0.25, 0.3) is 10.9 Å². The van der Waals surface area contributed by atoms with Gasteiger partial charge in [-0.15, -0.1) is 0 Å². The van der Waals surface area contributed by atoms with Crippen LogP contribution >= 0.6 is 0 Å². The number of imide groups is 1. The molecule has 4 N–H and O–H groups in total. The van der Waals surface area contributed by atoms with Crippen molar-refractivity contribution in [2.75, 3.05) is 15.5 Å². The Bertz CT molecular complexity index is 1790. The van der Waals surface area contributed by atoms with Crippen molar-refractivity contribution >= 4 is 51.6 Å². The molecule has 3 aliphatic heterocycles. The van der Waals surface area contributed by atoms with E-state index in [4.69, 9.17) is 0 Å². The third-order valence-electron chi connectivity index (χ3n) is 8.98. The van der Waals surface area contributed by atoms with Crippen LogP contribution in [0.2, 0.25) is 0 Å². The van der Waals surface area contributed by atoms with Gasteiger partial charge < -0.3 is 15.6 Å². The van der Waals surface area contributed by atoms with E-state index in [0.717, 1.165) is 27.6 Å². The van der Waals surface area contributed by atoms with Crippen molar-refractivity contribution in [2.45, 2.75) is 38.8 Å². The molecule has 4 aromatic rings. The average Bonchev–Trinajstić information content (AvgIpc) is 3.66. The summed E-state index contributed by atoms with van der Waals surface area (Å²) < 4.78 is 0. The number of H-pyrrole nitrogens is 1. The first kappa shape index (κ1) is 25.2. The minimum absolute atomic E-state index is 0.217.